The lowest BCUT2D eigenvalue weighted by atomic mass is 10.3. The molecule has 1 saturated heterocycles. The van der Waals surface area contributed by atoms with Crippen LogP contribution in [0.1, 0.15) is 0 Å². The lowest BCUT2D eigenvalue weighted by molar-refractivity contribution is -0.145. The molecule has 0 aromatic heterocycles. The molecule has 2 atom stereocenters. The summed E-state index contributed by atoms with van der Waals surface area (Å²) < 4.78 is 4.91. The zero-order chi connectivity index (χ0) is 8.43. The van der Waals surface area contributed by atoms with Crippen LogP contribution in [0.4, 0.5) is 0 Å². The molecule has 4 nitrogen and oxygen atoms in total. The summed E-state index contributed by atoms with van der Waals surface area (Å²) >= 11 is 5.72. The average Bonchev–Trinajstić information content (AvgIpc) is 2.01. The summed E-state index contributed by atoms with van der Waals surface area (Å²) in [7, 11) is 3.14. The van der Waals surface area contributed by atoms with Crippen molar-refractivity contribution in [2.75, 3.05) is 20.7 Å². The number of nitrogens with one attached hydrogen (secondary N) is 1. The Morgan fingerprint density at radius 3 is 3.00 bits per heavy atom. The first-order valence-corrected chi connectivity index (χ1v) is 3.77. The number of carbonyl (C=O) groups excluding carboxylic acids is 1. The molecule has 0 radical (unpaired) electrons. The summed E-state index contributed by atoms with van der Waals surface area (Å²) in [6.07, 6.45) is -0.394. The van der Waals surface area contributed by atoms with Gasteiger partial charge in [0.15, 0.2) is 5.62 Å². The molecule has 1 aliphatic heterocycles. The summed E-state index contributed by atoms with van der Waals surface area (Å²) in [4.78, 5) is 12.7. The standard InChI is InChI=1S/C6H11ClN2O2/c1-9-5(10)4(11-2)3-8-6(9)7/h4,6,8H,3H2,1-2H3/t4-,6+/m0/s1. The van der Waals surface area contributed by atoms with Crippen LogP contribution in [-0.4, -0.2) is 43.2 Å². The molecule has 0 aliphatic carbocycles. The number of ether oxygens (including phenoxy) is 1. The van der Waals surface area contributed by atoms with E-state index in [0.717, 1.165) is 0 Å². The van der Waals surface area contributed by atoms with Gasteiger partial charge in [-0.05, 0) is 0 Å². The second-order valence-corrected chi connectivity index (χ2v) is 2.83. The number of likely N-dealkylation sites (N-methyl/N-ethyl adjacent to an activating group) is 1. The third kappa shape index (κ3) is 1.64. The van der Waals surface area contributed by atoms with Gasteiger partial charge in [-0.1, -0.05) is 11.6 Å². The van der Waals surface area contributed by atoms with Crippen molar-refractivity contribution >= 4 is 17.5 Å². The van der Waals surface area contributed by atoms with Crippen LogP contribution in [0.2, 0.25) is 0 Å². The average molecular weight is 179 g/mol. The van der Waals surface area contributed by atoms with Crippen molar-refractivity contribution in [3.63, 3.8) is 0 Å². The van der Waals surface area contributed by atoms with Crippen molar-refractivity contribution in [2.45, 2.75) is 11.7 Å². The number of halogens is 1. The largest absolute Gasteiger partial charge is 0.370 e. The van der Waals surface area contributed by atoms with E-state index in [4.69, 9.17) is 16.3 Å². The van der Waals surface area contributed by atoms with E-state index < -0.39 is 11.7 Å². The van der Waals surface area contributed by atoms with Crippen LogP contribution in [0.25, 0.3) is 0 Å². The Balaban J connectivity index is 2.59. The van der Waals surface area contributed by atoms with Gasteiger partial charge in [0.25, 0.3) is 5.91 Å². The lowest BCUT2D eigenvalue weighted by Crippen LogP contribution is -2.57. The fourth-order valence-electron chi connectivity index (χ4n) is 0.952. The minimum absolute atomic E-state index is 0.0775. The maximum atomic E-state index is 11.2. The Morgan fingerprint density at radius 2 is 2.45 bits per heavy atom. The maximum Gasteiger partial charge on any atom is 0.254 e. The van der Waals surface area contributed by atoms with Gasteiger partial charge in [-0.3, -0.25) is 10.1 Å². The molecule has 5 heteroatoms. The van der Waals surface area contributed by atoms with E-state index in [0.29, 0.717) is 6.54 Å². The second-order valence-electron chi connectivity index (χ2n) is 2.42. The molecule has 0 aromatic carbocycles. The van der Waals surface area contributed by atoms with Gasteiger partial charge in [-0.15, -0.1) is 0 Å². The van der Waals surface area contributed by atoms with E-state index in [9.17, 15) is 4.79 Å². The first-order valence-electron chi connectivity index (χ1n) is 3.33. The van der Waals surface area contributed by atoms with Gasteiger partial charge in [0.05, 0.1) is 0 Å². The maximum absolute atomic E-state index is 11.2. The number of nitrogens with zero attached hydrogens (tertiary/aromatic N) is 1. The zero-order valence-electron chi connectivity index (χ0n) is 6.50. The number of methoxy groups -OCH3 is 1. The molecule has 64 valence electrons. The van der Waals surface area contributed by atoms with E-state index in [1.165, 1.54) is 12.0 Å². The van der Waals surface area contributed by atoms with E-state index in [1.54, 1.807) is 7.05 Å². The van der Waals surface area contributed by atoms with Crippen LogP contribution in [-0.2, 0) is 9.53 Å². The summed E-state index contributed by atoms with van der Waals surface area (Å²) in [6, 6.07) is 0. The molecule has 1 amide bonds. The van der Waals surface area contributed by atoms with E-state index >= 15 is 0 Å². The Hall–Kier alpha value is -0.320. The predicted molar refractivity (Wildman–Crippen MR) is 41.2 cm³/mol. The third-order valence-electron chi connectivity index (χ3n) is 1.72. The van der Waals surface area contributed by atoms with Crippen LogP contribution >= 0.6 is 11.6 Å². The molecule has 1 heterocycles. The molecule has 1 N–H and O–H groups in total. The quantitative estimate of drug-likeness (QED) is 0.438. The highest BCUT2D eigenvalue weighted by Crippen LogP contribution is 2.08. The molecule has 1 rings (SSSR count). The molecule has 0 bridgehead atoms. The number of carbonyl (C=O) groups is 1. The number of rotatable bonds is 1. The number of hydrogen-bond acceptors (Lipinski definition) is 3. The van der Waals surface area contributed by atoms with Crippen LogP contribution in [0.15, 0.2) is 0 Å². The van der Waals surface area contributed by atoms with E-state index in [1.807, 2.05) is 0 Å². The van der Waals surface area contributed by atoms with E-state index in [-0.39, 0.29) is 5.91 Å². The first kappa shape index (κ1) is 8.77. The van der Waals surface area contributed by atoms with Crippen molar-refractivity contribution in [1.29, 1.82) is 0 Å². The van der Waals surface area contributed by atoms with Gasteiger partial charge >= 0.3 is 0 Å². The van der Waals surface area contributed by atoms with Crippen LogP contribution < -0.4 is 5.32 Å². The highest BCUT2D eigenvalue weighted by molar-refractivity contribution is 6.21. The molecule has 0 unspecified atom stereocenters. The SMILES string of the molecule is CO[C@H]1CN[C@@H](Cl)N(C)C1=O. The number of alkyl halides is 1. The molecule has 0 saturated carbocycles. The Labute approximate surface area is 70.4 Å². The summed E-state index contributed by atoms with van der Waals surface area (Å²) in [5.74, 6) is -0.0775. The first-order chi connectivity index (χ1) is 5.16. The molecule has 0 aromatic rings. The normalized spacial score (nSPS) is 32.6. The van der Waals surface area contributed by atoms with Gasteiger partial charge in [-0.2, -0.15) is 0 Å². The minimum atomic E-state index is -0.408. The highest BCUT2D eigenvalue weighted by Gasteiger charge is 2.30. The highest BCUT2D eigenvalue weighted by atomic mass is 35.5. The molecule has 11 heavy (non-hydrogen) atoms. The summed E-state index contributed by atoms with van der Waals surface area (Å²) in [5, 5.41) is 2.91. The fourth-order valence-corrected chi connectivity index (χ4v) is 1.14. The van der Waals surface area contributed by atoms with Crippen molar-refractivity contribution in [1.82, 2.24) is 10.2 Å². The monoisotopic (exact) mass is 178 g/mol. The second kappa shape index (κ2) is 3.38. The Bertz CT molecular complexity index is 161. The number of hydrogen-bond donors (Lipinski definition) is 1. The van der Waals surface area contributed by atoms with Gasteiger partial charge in [-0.25, -0.2) is 0 Å². The lowest BCUT2D eigenvalue weighted by Gasteiger charge is -2.33. The Morgan fingerprint density at radius 1 is 1.82 bits per heavy atom. The van der Waals surface area contributed by atoms with Crippen molar-refractivity contribution in [3.05, 3.63) is 0 Å². The summed E-state index contributed by atoms with van der Waals surface area (Å²) in [5.41, 5.74) is -0.408. The molecular formula is C6H11ClN2O2. The van der Waals surface area contributed by atoms with Gasteiger partial charge in [0, 0.05) is 20.7 Å². The third-order valence-corrected chi connectivity index (χ3v) is 2.17. The van der Waals surface area contributed by atoms with Crippen LogP contribution in [0.3, 0.4) is 0 Å². The van der Waals surface area contributed by atoms with Crippen molar-refractivity contribution in [2.24, 2.45) is 0 Å². The molecule has 1 fully saturated rings. The van der Waals surface area contributed by atoms with Gasteiger partial charge in [0.1, 0.15) is 6.10 Å². The van der Waals surface area contributed by atoms with Gasteiger partial charge < -0.3 is 9.64 Å². The van der Waals surface area contributed by atoms with Gasteiger partial charge in [0.2, 0.25) is 0 Å². The number of amides is 1. The van der Waals surface area contributed by atoms with Crippen LogP contribution in [0, 0.1) is 0 Å². The summed E-state index contributed by atoms with van der Waals surface area (Å²) in [6.45, 7) is 0.480. The topological polar surface area (TPSA) is 41.6 Å². The fraction of sp³-hybridized carbons (Fsp3) is 0.833. The zero-order valence-corrected chi connectivity index (χ0v) is 7.26. The molecule has 1 aliphatic rings. The van der Waals surface area contributed by atoms with Crippen LogP contribution in [0.5, 0.6) is 0 Å². The predicted octanol–water partition coefficient (Wildman–Crippen LogP) is -0.415. The van der Waals surface area contributed by atoms with E-state index in [2.05, 4.69) is 5.32 Å². The Kier molecular flexibility index (Phi) is 2.70. The minimum Gasteiger partial charge on any atom is -0.370 e. The smallest absolute Gasteiger partial charge is 0.254 e. The molecule has 0 spiro atoms. The van der Waals surface area contributed by atoms with Crippen molar-refractivity contribution in [3.8, 4) is 0 Å². The molecular weight excluding hydrogens is 168 g/mol. The van der Waals surface area contributed by atoms with Crippen molar-refractivity contribution < 1.29 is 9.53 Å².